The van der Waals surface area contributed by atoms with Crippen LogP contribution in [0.4, 0.5) is 0 Å². The van der Waals surface area contributed by atoms with Gasteiger partial charge in [0.05, 0.1) is 0 Å². The van der Waals surface area contributed by atoms with Crippen molar-refractivity contribution in [3.05, 3.63) is 0 Å². The summed E-state index contributed by atoms with van der Waals surface area (Å²) in [5.74, 6) is 0.539. The van der Waals surface area contributed by atoms with E-state index in [0.717, 1.165) is 13.0 Å². The lowest BCUT2D eigenvalue weighted by Gasteiger charge is -2.18. The Morgan fingerprint density at radius 1 is 1.38 bits per heavy atom. The van der Waals surface area contributed by atoms with E-state index in [9.17, 15) is 4.79 Å². The molecule has 1 unspecified atom stereocenters. The quantitative estimate of drug-likeness (QED) is 0.711. The summed E-state index contributed by atoms with van der Waals surface area (Å²) in [5, 5.41) is 3.02. The molecule has 0 rings (SSSR count). The van der Waals surface area contributed by atoms with E-state index in [-0.39, 0.29) is 11.3 Å². The molecule has 0 aliphatic heterocycles. The average molecular weight is 185 g/mol. The predicted octanol–water partition coefficient (Wildman–Crippen LogP) is 2.24. The molecular weight excluding hydrogens is 162 g/mol. The van der Waals surface area contributed by atoms with E-state index in [4.69, 9.17) is 0 Å². The molecule has 0 amide bonds. The largest absolute Gasteiger partial charge is 0.319 e. The Morgan fingerprint density at radius 2 is 1.92 bits per heavy atom. The number of ketones is 1. The summed E-state index contributed by atoms with van der Waals surface area (Å²) >= 11 is 0. The molecule has 0 radical (unpaired) electrons. The van der Waals surface area contributed by atoms with Gasteiger partial charge in [0, 0.05) is 18.9 Å². The Labute approximate surface area is 82.1 Å². The van der Waals surface area contributed by atoms with Crippen molar-refractivity contribution in [1.29, 1.82) is 0 Å². The lowest BCUT2D eigenvalue weighted by Crippen LogP contribution is -2.24. The minimum atomic E-state index is 0.160. The summed E-state index contributed by atoms with van der Waals surface area (Å²) < 4.78 is 0. The fourth-order valence-electron chi connectivity index (χ4n) is 1.16. The SMILES string of the molecule is CNCC(C)C(=O)CCC(C)(C)C. The number of nitrogens with one attached hydrogen (secondary N) is 1. The zero-order chi connectivity index (χ0) is 10.5. The summed E-state index contributed by atoms with van der Waals surface area (Å²) in [6, 6.07) is 0. The second-order valence-electron chi connectivity index (χ2n) is 4.99. The lowest BCUT2D eigenvalue weighted by molar-refractivity contribution is -0.122. The molecule has 78 valence electrons. The molecule has 0 aliphatic rings. The van der Waals surface area contributed by atoms with Gasteiger partial charge in [0.2, 0.25) is 0 Å². The number of carbonyl (C=O) groups is 1. The summed E-state index contributed by atoms with van der Waals surface area (Å²) in [6.07, 6.45) is 1.70. The highest BCUT2D eigenvalue weighted by atomic mass is 16.1. The van der Waals surface area contributed by atoms with Crippen LogP contribution < -0.4 is 5.32 Å². The molecule has 0 aliphatic carbocycles. The zero-order valence-electron chi connectivity index (χ0n) is 9.61. The van der Waals surface area contributed by atoms with Crippen LogP contribution in [0.1, 0.15) is 40.5 Å². The molecule has 1 atom stereocenters. The molecule has 0 aromatic rings. The van der Waals surface area contributed by atoms with Crippen molar-refractivity contribution in [2.45, 2.75) is 40.5 Å². The fourth-order valence-corrected chi connectivity index (χ4v) is 1.16. The summed E-state index contributed by atoms with van der Waals surface area (Å²) in [4.78, 5) is 11.5. The first-order valence-electron chi connectivity index (χ1n) is 5.04. The van der Waals surface area contributed by atoms with Gasteiger partial charge in [-0.25, -0.2) is 0 Å². The first-order chi connectivity index (χ1) is 5.87. The molecule has 2 nitrogen and oxygen atoms in total. The van der Waals surface area contributed by atoms with E-state index < -0.39 is 0 Å². The number of carbonyl (C=O) groups excluding carboxylic acids is 1. The van der Waals surface area contributed by atoms with Gasteiger partial charge in [0.25, 0.3) is 0 Å². The number of Topliss-reactive ketones (excluding diaryl/α,β-unsaturated/α-hetero) is 1. The smallest absolute Gasteiger partial charge is 0.136 e. The van der Waals surface area contributed by atoms with Crippen LogP contribution in [0.2, 0.25) is 0 Å². The summed E-state index contributed by atoms with van der Waals surface area (Å²) in [7, 11) is 1.88. The Bertz CT molecular complexity index is 158. The molecule has 2 heteroatoms. The van der Waals surface area contributed by atoms with Gasteiger partial charge in [-0.3, -0.25) is 4.79 Å². The van der Waals surface area contributed by atoms with Gasteiger partial charge in [-0.2, -0.15) is 0 Å². The van der Waals surface area contributed by atoms with Gasteiger partial charge in [0.1, 0.15) is 5.78 Å². The van der Waals surface area contributed by atoms with Crippen LogP contribution >= 0.6 is 0 Å². The molecule has 0 aromatic carbocycles. The second kappa shape index (κ2) is 5.38. The monoisotopic (exact) mass is 185 g/mol. The van der Waals surface area contributed by atoms with E-state index in [1.807, 2.05) is 14.0 Å². The Kier molecular flexibility index (Phi) is 5.23. The zero-order valence-corrected chi connectivity index (χ0v) is 9.61. The molecule has 0 spiro atoms. The van der Waals surface area contributed by atoms with Crippen LogP contribution in [0.5, 0.6) is 0 Å². The van der Waals surface area contributed by atoms with Gasteiger partial charge >= 0.3 is 0 Å². The second-order valence-corrected chi connectivity index (χ2v) is 4.99. The van der Waals surface area contributed by atoms with Crippen molar-refractivity contribution in [2.24, 2.45) is 11.3 Å². The standard InChI is InChI=1S/C11H23NO/c1-9(8-12-5)10(13)6-7-11(2,3)4/h9,12H,6-8H2,1-5H3. The number of hydrogen-bond donors (Lipinski definition) is 1. The molecule has 0 fully saturated rings. The van der Waals surface area contributed by atoms with Gasteiger partial charge in [-0.1, -0.05) is 27.7 Å². The third kappa shape index (κ3) is 6.76. The minimum Gasteiger partial charge on any atom is -0.319 e. The number of hydrogen-bond acceptors (Lipinski definition) is 2. The first kappa shape index (κ1) is 12.6. The predicted molar refractivity (Wildman–Crippen MR) is 56.8 cm³/mol. The summed E-state index contributed by atoms with van der Waals surface area (Å²) in [5.41, 5.74) is 0.273. The normalized spacial score (nSPS) is 14.2. The van der Waals surface area contributed by atoms with Gasteiger partial charge < -0.3 is 5.32 Å². The van der Waals surface area contributed by atoms with Crippen molar-refractivity contribution in [3.8, 4) is 0 Å². The molecule has 0 saturated carbocycles. The minimum absolute atomic E-state index is 0.160. The average Bonchev–Trinajstić information content (AvgIpc) is 1.99. The van der Waals surface area contributed by atoms with Crippen LogP contribution in [-0.4, -0.2) is 19.4 Å². The van der Waals surface area contributed by atoms with Crippen LogP contribution in [-0.2, 0) is 4.79 Å². The Balaban J connectivity index is 3.74. The molecular formula is C11H23NO. The molecule has 0 aromatic heterocycles. The lowest BCUT2D eigenvalue weighted by atomic mass is 9.87. The highest BCUT2D eigenvalue weighted by Crippen LogP contribution is 2.21. The van der Waals surface area contributed by atoms with Crippen molar-refractivity contribution >= 4 is 5.78 Å². The molecule has 0 saturated heterocycles. The van der Waals surface area contributed by atoms with Crippen LogP contribution in [0.25, 0.3) is 0 Å². The topological polar surface area (TPSA) is 29.1 Å². The third-order valence-corrected chi connectivity index (χ3v) is 2.18. The van der Waals surface area contributed by atoms with Gasteiger partial charge in [-0.05, 0) is 18.9 Å². The molecule has 13 heavy (non-hydrogen) atoms. The Hall–Kier alpha value is -0.370. The van der Waals surface area contributed by atoms with Crippen molar-refractivity contribution in [1.82, 2.24) is 5.32 Å². The van der Waals surface area contributed by atoms with E-state index in [1.54, 1.807) is 0 Å². The van der Waals surface area contributed by atoms with E-state index >= 15 is 0 Å². The van der Waals surface area contributed by atoms with Crippen LogP contribution in [0, 0.1) is 11.3 Å². The maximum Gasteiger partial charge on any atom is 0.136 e. The Morgan fingerprint density at radius 3 is 2.31 bits per heavy atom. The summed E-state index contributed by atoms with van der Waals surface area (Å²) in [6.45, 7) is 9.29. The van der Waals surface area contributed by atoms with Crippen molar-refractivity contribution < 1.29 is 4.79 Å². The molecule has 0 bridgehead atoms. The van der Waals surface area contributed by atoms with E-state index in [2.05, 4.69) is 26.1 Å². The molecule has 1 N–H and O–H groups in total. The van der Waals surface area contributed by atoms with Crippen LogP contribution in [0.15, 0.2) is 0 Å². The highest BCUT2D eigenvalue weighted by Gasteiger charge is 2.16. The van der Waals surface area contributed by atoms with E-state index in [1.165, 1.54) is 0 Å². The van der Waals surface area contributed by atoms with Crippen LogP contribution in [0.3, 0.4) is 0 Å². The maximum absolute atomic E-state index is 11.5. The maximum atomic E-state index is 11.5. The number of rotatable bonds is 5. The molecule has 0 heterocycles. The fraction of sp³-hybridized carbons (Fsp3) is 0.909. The third-order valence-electron chi connectivity index (χ3n) is 2.18. The first-order valence-corrected chi connectivity index (χ1v) is 5.04. The van der Waals surface area contributed by atoms with Gasteiger partial charge in [-0.15, -0.1) is 0 Å². The van der Waals surface area contributed by atoms with Crippen molar-refractivity contribution in [2.75, 3.05) is 13.6 Å². The van der Waals surface area contributed by atoms with Crippen molar-refractivity contribution in [3.63, 3.8) is 0 Å². The van der Waals surface area contributed by atoms with Gasteiger partial charge in [0.15, 0.2) is 0 Å². The van der Waals surface area contributed by atoms with E-state index in [0.29, 0.717) is 12.2 Å². The highest BCUT2D eigenvalue weighted by molar-refractivity contribution is 5.80.